The van der Waals surface area contributed by atoms with Crippen LogP contribution in [0.2, 0.25) is 0 Å². The number of aldehydes is 1. The number of nitrogens with one attached hydrogen (secondary N) is 1. The lowest BCUT2D eigenvalue weighted by atomic mass is 9.98. The number of hydrogen-bond acceptors (Lipinski definition) is 25. The molecule has 14 rings (SSSR count). The lowest BCUT2D eigenvalue weighted by Crippen LogP contribution is -2.50. The molecular formula is C111H146N9O21P. The van der Waals surface area contributed by atoms with Crippen LogP contribution in [0.5, 0.6) is 0 Å². The summed E-state index contributed by atoms with van der Waals surface area (Å²) in [6.07, 6.45) is 13.0. The first kappa shape index (κ1) is 113. The van der Waals surface area contributed by atoms with Crippen LogP contribution in [-0.2, 0) is 70.8 Å². The zero-order chi connectivity index (χ0) is 103. The molecule has 0 aromatic heterocycles. The summed E-state index contributed by atoms with van der Waals surface area (Å²) in [6, 6.07) is 58.2. The molecule has 0 radical (unpaired) electrons. The number of anilines is 4. The predicted molar refractivity (Wildman–Crippen MR) is 560 cm³/mol. The van der Waals surface area contributed by atoms with Crippen LogP contribution in [0.3, 0.4) is 0 Å². The van der Waals surface area contributed by atoms with Gasteiger partial charge in [-0.25, -0.2) is 34.3 Å². The minimum atomic E-state index is -3.27. The molecule has 6 fully saturated rings. The van der Waals surface area contributed by atoms with Crippen LogP contribution >= 0.6 is 7.60 Å². The largest absolute Gasteiger partial charge is 0.478 e. The highest BCUT2D eigenvalue weighted by atomic mass is 31.2. The van der Waals surface area contributed by atoms with Gasteiger partial charge in [-0.15, -0.1) is 0 Å². The van der Waals surface area contributed by atoms with Gasteiger partial charge in [-0.3, -0.25) is 18.9 Å². The molecule has 6 aliphatic heterocycles. The molecule has 2 atom stereocenters. The average molecular weight is 1970 g/mol. The third kappa shape index (κ3) is 37.7. The van der Waals surface area contributed by atoms with Gasteiger partial charge < -0.3 is 91.6 Å². The quantitative estimate of drug-likeness (QED) is 0.0134. The monoisotopic (exact) mass is 1970 g/mol. The van der Waals surface area contributed by atoms with E-state index in [4.69, 9.17) is 47.8 Å². The summed E-state index contributed by atoms with van der Waals surface area (Å²) < 4.78 is 56.9. The first-order valence-electron chi connectivity index (χ1n) is 48.7. The van der Waals surface area contributed by atoms with Crippen LogP contribution in [0, 0.1) is 27.7 Å². The number of carbonyl (C=O) groups is 8. The number of amides is 4. The second kappa shape index (κ2) is 55.2. The standard InChI is InChI=1S/C26H33N3O3.C26H32N2O4.C25H30N2O4.C23H28N2O3.C7H15O5P.C4H8O2/c1-20-19-21(7-13-25(30)27-32-26-5-3-4-18-31-26)6-12-24(20)22-8-10-23(11-9-22)29-16-14-28(2)15-17-29;1-19-18-20(7-13-24(29)31-5)6-12-23(19)21-8-10-22(11-9-21)27-14-16-28(17-15-27)25(30)32-26(2,3)4;1-18-17-19(6-12-23(28)29)5-11-22(18)20-7-9-21(10-8-20)26-13-15-27(16-14-26)24(30)31-25(2,3)4;1-17-15-18(16-26)5-10-21(17)19-6-8-20(9-7-19)24-11-13-25(14-12-24)22(27)28-23(2,3)4;1-4-11-13(9,12-5-2)6-7(8)10-3;5-4-2-1-3-6-4/h6-13,19,26H,3-5,14-18H2,1-2H3,(H,27,30);6-13,18H,14-17H2,1-5H3;5-12,17H,13-16H2,1-4H3,(H,28,29);5-10,15-16H,11-14H2,1-4H3;4-6H2,1-3H3;4-5H,1-3H2/b2*13-7+;12-6+;;;. The molecule has 3 N–H and O–H groups in total. The smallest absolute Gasteiger partial charge is 0.410 e. The summed E-state index contributed by atoms with van der Waals surface area (Å²) in [7, 11) is 1.50. The molecule has 6 saturated heterocycles. The number of aliphatic hydroxyl groups is 1. The summed E-state index contributed by atoms with van der Waals surface area (Å²) in [5, 5.41) is 17.3. The van der Waals surface area contributed by atoms with E-state index in [2.05, 4.69) is 182 Å². The third-order valence-electron chi connectivity index (χ3n) is 23.6. The number of carboxylic acids is 1. The van der Waals surface area contributed by atoms with Gasteiger partial charge in [0.2, 0.25) is 0 Å². The molecule has 0 spiro atoms. The molecule has 31 heteroatoms. The topological polar surface area (TPSA) is 324 Å². The number of likely N-dealkylation sites (N-methyl/N-ethyl adjacent to an activating group) is 1. The van der Waals surface area contributed by atoms with Crippen molar-refractivity contribution < 1.29 is 100 Å². The van der Waals surface area contributed by atoms with Crippen molar-refractivity contribution in [3.8, 4) is 44.5 Å². The number of hydroxylamine groups is 1. The van der Waals surface area contributed by atoms with Crippen LogP contribution in [-0.4, -0.2) is 266 Å². The second-order valence-corrected chi connectivity index (χ2v) is 40.2. The number of esters is 2. The van der Waals surface area contributed by atoms with Crippen molar-refractivity contribution in [3.05, 3.63) is 233 Å². The van der Waals surface area contributed by atoms with E-state index in [9.17, 15) is 42.9 Å². The van der Waals surface area contributed by atoms with Gasteiger partial charge in [0, 0.05) is 177 Å². The van der Waals surface area contributed by atoms with E-state index in [-0.39, 0.29) is 55.8 Å². The fourth-order valence-corrected chi connectivity index (χ4v) is 17.6. The number of rotatable bonds is 23. The Morgan fingerprint density at radius 3 is 1.04 bits per heavy atom. The molecule has 6 aliphatic rings. The Hall–Kier alpha value is -12.5. The SMILES string of the molecule is CCOP(=O)(CC(=O)OC)OCC.COC(=O)/C=C/c1ccc(-c2ccc(N3CCN(C(=O)OC(C)(C)C)CC3)cc2)c(C)c1.Cc1cc(/C=C/C(=O)NOC2CCCCO2)ccc1-c1ccc(N2CCN(C)CC2)cc1.Cc1cc(/C=C/C(=O)O)ccc1-c1ccc(N2CCN(C(=O)OC(C)(C)C)CC2)cc1.Cc1cc(C=O)ccc1-c1ccc(N2CCN(C(=O)OC(C)(C)C)CC2)cc1.OC1CCCO1. The molecule has 2 unspecified atom stereocenters. The number of benzene rings is 8. The fraction of sp³-hybridized carbons (Fsp3) is 0.441. The molecule has 766 valence electrons. The van der Waals surface area contributed by atoms with Crippen LogP contribution in [0.25, 0.3) is 62.7 Å². The molecule has 0 bridgehead atoms. The maximum absolute atomic E-state index is 12.3. The van der Waals surface area contributed by atoms with Crippen molar-refractivity contribution in [1.82, 2.24) is 25.1 Å². The van der Waals surface area contributed by atoms with Crippen molar-refractivity contribution in [2.24, 2.45) is 0 Å². The van der Waals surface area contributed by atoms with Crippen molar-refractivity contribution >= 4 is 97.0 Å². The lowest BCUT2D eigenvalue weighted by Gasteiger charge is -2.36. The van der Waals surface area contributed by atoms with E-state index in [1.807, 2.05) is 125 Å². The van der Waals surface area contributed by atoms with Crippen molar-refractivity contribution in [1.29, 1.82) is 0 Å². The Kier molecular flexibility index (Phi) is 44.0. The Bertz CT molecular complexity index is 5540. The fourth-order valence-electron chi connectivity index (χ4n) is 16.2. The molecular weight excluding hydrogens is 1830 g/mol. The highest BCUT2D eigenvalue weighted by molar-refractivity contribution is 7.54. The first-order valence-corrected chi connectivity index (χ1v) is 50.4. The summed E-state index contributed by atoms with van der Waals surface area (Å²) in [6.45, 7) is 43.3. The van der Waals surface area contributed by atoms with E-state index in [1.54, 1.807) is 46.8 Å². The van der Waals surface area contributed by atoms with Crippen molar-refractivity contribution in [2.75, 3.05) is 178 Å². The van der Waals surface area contributed by atoms with E-state index in [0.717, 1.165) is 200 Å². The predicted octanol–water partition coefficient (Wildman–Crippen LogP) is 19.8. The van der Waals surface area contributed by atoms with Gasteiger partial charge >= 0.3 is 43.8 Å². The third-order valence-corrected chi connectivity index (χ3v) is 25.6. The number of hydrogen-bond donors (Lipinski definition) is 3. The molecule has 0 saturated carbocycles. The first-order chi connectivity index (χ1) is 67.6. The summed E-state index contributed by atoms with van der Waals surface area (Å²) in [4.78, 5) is 115. The van der Waals surface area contributed by atoms with Crippen LogP contribution < -0.4 is 25.1 Å². The van der Waals surface area contributed by atoms with Crippen LogP contribution in [0.15, 0.2) is 188 Å². The normalized spacial score (nSPS) is 16.4. The number of aliphatic hydroxyl groups excluding tert-OH is 1. The number of carboxylic acid groups (broad SMARTS) is 1. The zero-order valence-electron chi connectivity index (χ0n) is 85.9. The molecule has 4 amide bonds. The number of aliphatic carboxylic acids is 1. The number of carbonyl (C=O) groups excluding carboxylic acids is 7. The summed E-state index contributed by atoms with van der Waals surface area (Å²) in [5.41, 5.74) is 22.9. The van der Waals surface area contributed by atoms with Crippen LogP contribution in [0.4, 0.5) is 37.1 Å². The number of ether oxygens (including phenoxy) is 7. The molecule has 8 aromatic rings. The van der Waals surface area contributed by atoms with E-state index < -0.39 is 42.6 Å². The maximum atomic E-state index is 12.3. The van der Waals surface area contributed by atoms with Crippen molar-refractivity contribution in [2.45, 2.75) is 165 Å². The highest BCUT2D eigenvalue weighted by Crippen LogP contribution is 2.48. The maximum Gasteiger partial charge on any atom is 0.410 e. The molecule has 6 heterocycles. The molecule has 30 nitrogen and oxygen atoms in total. The van der Waals surface area contributed by atoms with Gasteiger partial charge in [0.15, 0.2) is 12.6 Å². The number of methoxy groups -OCH3 is 2. The molecule has 0 aliphatic carbocycles. The van der Waals surface area contributed by atoms with E-state index >= 15 is 0 Å². The number of piperazine rings is 4. The molecule has 142 heavy (non-hydrogen) atoms. The lowest BCUT2D eigenvalue weighted by molar-refractivity contribution is -0.198. The van der Waals surface area contributed by atoms with Gasteiger partial charge in [-0.1, -0.05) is 115 Å². The molecule has 8 aromatic carbocycles. The van der Waals surface area contributed by atoms with E-state index in [0.29, 0.717) is 51.4 Å². The Balaban J connectivity index is 0.000000199. The minimum absolute atomic E-state index is 0.239. The van der Waals surface area contributed by atoms with E-state index in [1.165, 1.54) is 48.7 Å². The minimum Gasteiger partial charge on any atom is -0.478 e. The highest BCUT2D eigenvalue weighted by Gasteiger charge is 2.32. The van der Waals surface area contributed by atoms with Gasteiger partial charge in [-0.05, 0) is 286 Å². The van der Waals surface area contributed by atoms with Crippen molar-refractivity contribution in [3.63, 3.8) is 0 Å². The zero-order valence-corrected chi connectivity index (χ0v) is 86.8. The summed E-state index contributed by atoms with van der Waals surface area (Å²) >= 11 is 0. The average Bonchev–Trinajstić information content (AvgIpc) is 0.852. The number of aryl methyl sites for hydroxylation is 4. The van der Waals surface area contributed by atoms with Gasteiger partial charge in [0.1, 0.15) is 29.3 Å². The second-order valence-electron chi connectivity index (χ2n) is 38.1. The van der Waals surface area contributed by atoms with Gasteiger partial charge in [-0.2, -0.15) is 0 Å². The Labute approximate surface area is 838 Å². The van der Waals surface area contributed by atoms with Crippen LogP contribution in [0.1, 0.15) is 158 Å². The van der Waals surface area contributed by atoms with Gasteiger partial charge in [0.25, 0.3) is 5.91 Å². The Morgan fingerprint density at radius 2 is 0.754 bits per heavy atom. The van der Waals surface area contributed by atoms with Gasteiger partial charge in [0.05, 0.1) is 27.4 Å². The number of nitrogens with zero attached hydrogens (tertiary/aromatic N) is 8. The Morgan fingerprint density at radius 1 is 0.423 bits per heavy atom. The summed E-state index contributed by atoms with van der Waals surface area (Å²) in [5.74, 6) is -2.20.